The SMILES string of the molecule is O=C(Nc1nc(CSc2ccccc2)cs1)c1cccc(F)c1. The van der Waals surface area contributed by atoms with Crippen LogP contribution < -0.4 is 5.32 Å². The minimum Gasteiger partial charge on any atom is -0.298 e. The van der Waals surface area contributed by atoms with E-state index >= 15 is 0 Å². The average molecular weight is 344 g/mol. The van der Waals surface area contributed by atoms with Crippen LogP contribution in [0.2, 0.25) is 0 Å². The first kappa shape index (κ1) is 15.7. The molecule has 0 fully saturated rings. The van der Waals surface area contributed by atoms with E-state index in [4.69, 9.17) is 0 Å². The first-order chi connectivity index (χ1) is 11.2. The Kier molecular flexibility index (Phi) is 5.05. The number of thiazole rings is 1. The zero-order chi connectivity index (χ0) is 16.1. The van der Waals surface area contributed by atoms with E-state index in [2.05, 4.69) is 10.3 Å². The van der Waals surface area contributed by atoms with Gasteiger partial charge in [0.15, 0.2) is 5.13 Å². The Morgan fingerprint density at radius 2 is 2.00 bits per heavy atom. The van der Waals surface area contributed by atoms with Gasteiger partial charge >= 0.3 is 0 Å². The molecule has 0 spiro atoms. The molecule has 0 bridgehead atoms. The summed E-state index contributed by atoms with van der Waals surface area (Å²) in [4.78, 5) is 17.6. The second-order valence-electron chi connectivity index (χ2n) is 4.71. The van der Waals surface area contributed by atoms with Gasteiger partial charge in [-0.1, -0.05) is 24.3 Å². The molecule has 6 heteroatoms. The summed E-state index contributed by atoms with van der Waals surface area (Å²) in [5.74, 6) is -0.0612. The maximum atomic E-state index is 13.1. The molecule has 23 heavy (non-hydrogen) atoms. The van der Waals surface area contributed by atoms with Crippen molar-refractivity contribution in [2.45, 2.75) is 10.6 Å². The van der Waals surface area contributed by atoms with Gasteiger partial charge in [0.05, 0.1) is 5.69 Å². The van der Waals surface area contributed by atoms with Crippen LogP contribution in [0.4, 0.5) is 9.52 Å². The summed E-state index contributed by atoms with van der Waals surface area (Å²) in [7, 11) is 0. The second-order valence-corrected chi connectivity index (χ2v) is 6.62. The Morgan fingerprint density at radius 3 is 2.78 bits per heavy atom. The molecule has 0 aliphatic heterocycles. The van der Waals surface area contributed by atoms with Crippen molar-refractivity contribution in [3.63, 3.8) is 0 Å². The smallest absolute Gasteiger partial charge is 0.257 e. The molecule has 1 N–H and O–H groups in total. The fraction of sp³-hybridized carbons (Fsp3) is 0.0588. The molecule has 0 saturated carbocycles. The van der Waals surface area contributed by atoms with Crippen LogP contribution in [0.5, 0.6) is 0 Å². The monoisotopic (exact) mass is 344 g/mol. The summed E-state index contributed by atoms with van der Waals surface area (Å²) >= 11 is 3.05. The Hall–Kier alpha value is -2.18. The lowest BCUT2D eigenvalue weighted by Crippen LogP contribution is -2.11. The topological polar surface area (TPSA) is 42.0 Å². The van der Waals surface area contributed by atoms with Crippen molar-refractivity contribution >= 4 is 34.1 Å². The van der Waals surface area contributed by atoms with Crippen LogP contribution in [0, 0.1) is 5.82 Å². The van der Waals surface area contributed by atoms with Gasteiger partial charge in [-0.2, -0.15) is 0 Å². The highest BCUT2D eigenvalue weighted by Gasteiger charge is 2.10. The highest BCUT2D eigenvalue weighted by molar-refractivity contribution is 7.98. The second kappa shape index (κ2) is 7.39. The Balaban J connectivity index is 1.60. The third-order valence-electron chi connectivity index (χ3n) is 2.99. The van der Waals surface area contributed by atoms with E-state index < -0.39 is 5.82 Å². The molecule has 3 aromatic rings. The maximum absolute atomic E-state index is 13.1. The minimum atomic E-state index is -0.434. The van der Waals surface area contributed by atoms with E-state index in [0.717, 1.165) is 11.4 Å². The van der Waals surface area contributed by atoms with Crippen LogP contribution >= 0.6 is 23.1 Å². The van der Waals surface area contributed by atoms with Gasteiger partial charge in [0, 0.05) is 21.6 Å². The molecular formula is C17H13FN2OS2. The fourth-order valence-electron chi connectivity index (χ4n) is 1.90. The van der Waals surface area contributed by atoms with E-state index in [1.54, 1.807) is 17.8 Å². The van der Waals surface area contributed by atoms with Crippen molar-refractivity contribution in [1.82, 2.24) is 4.98 Å². The van der Waals surface area contributed by atoms with Crippen LogP contribution in [0.15, 0.2) is 64.9 Å². The number of nitrogens with zero attached hydrogens (tertiary/aromatic N) is 1. The highest BCUT2D eigenvalue weighted by Crippen LogP contribution is 2.25. The maximum Gasteiger partial charge on any atom is 0.257 e. The summed E-state index contributed by atoms with van der Waals surface area (Å²) in [6.45, 7) is 0. The van der Waals surface area contributed by atoms with Crippen molar-refractivity contribution in [2.75, 3.05) is 5.32 Å². The molecule has 0 aliphatic rings. The molecule has 0 saturated heterocycles. The molecule has 0 atom stereocenters. The van der Waals surface area contributed by atoms with Crippen LogP contribution in [0.1, 0.15) is 16.1 Å². The van der Waals surface area contributed by atoms with Gasteiger partial charge in [-0.3, -0.25) is 10.1 Å². The summed E-state index contributed by atoms with van der Waals surface area (Å²) < 4.78 is 13.1. The van der Waals surface area contributed by atoms with Gasteiger partial charge in [-0.25, -0.2) is 9.37 Å². The van der Waals surface area contributed by atoms with Gasteiger partial charge in [-0.15, -0.1) is 23.1 Å². The lowest BCUT2D eigenvalue weighted by atomic mass is 10.2. The van der Waals surface area contributed by atoms with Crippen molar-refractivity contribution in [3.8, 4) is 0 Å². The summed E-state index contributed by atoms with van der Waals surface area (Å²) in [6.07, 6.45) is 0. The summed E-state index contributed by atoms with van der Waals surface area (Å²) in [6, 6.07) is 15.6. The number of thioether (sulfide) groups is 1. The number of hydrogen-bond donors (Lipinski definition) is 1. The van der Waals surface area contributed by atoms with Gasteiger partial charge in [0.2, 0.25) is 0 Å². The third kappa shape index (κ3) is 4.40. The van der Waals surface area contributed by atoms with E-state index in [1.165, 1.54) is 34.4 Å². The van der Waals surface area contributed by atoms with Crippen LogP contribution in [-0.4, -0.2) is 10.9 Å². The number of nitrogens with one attached hydrogen (secondary N) is 1. The molecule has 0 radical (unpaired) electrons. The van der Waals surface area contributed by atoms with Crippen LogP contribution in [0.3, 0.4) is 0 Å². The number of aromatic nitrogens is 1. The molecule has 1 aromatic heterocycles. The number of halogens is 1. The number of anilines is 1. The molecule has 3 nitrogen and oxygen atoms in total. The van der Waals surface area contributed by atoms with Gasteiger partial charge in [0.1, 0.15) is 5.82 Å². The predicted octanol–water partition coefficient (Wildman–Crippen LogP) is 4.83. The number of amides is 1. The summed E-state index contributed by atoms with van der Waals surface area (Å²) in [5, 5.41) is 5.13. The zero-order valence-corrected chi connectivity index (χ0v) is 13.7. The number of rotatable bonds is 5. The normalized spacial score (nSPS) is 10.5. The Labute approximate surface area is 141 Å². The molecule has 1 amide bonds. The van der Waals surface area contributed by atoms with Crippen molar-refractivity contribution in [2.24, 2.45) is 0 Å². The lowest BCUT2D eigenvalue weighted by Gasteiger charge is -2.01. The first-order valence-electron chi connectivity index (χ1n) is 6.90. The number of carbonyl (C=O) groups excluding carboxylic acids is 1. The number of carbonyl (C=O) groups is 1. The summed E-state index contributed by atoms with van der Waals surface area (Å²) in [5.41, 5.74) is 1.18. The van der Waals surface area contributed by atoms with E-state index in [0.29, 0.717) is 5.13 Å². The van der Waals surface area contributed by atoms with E-state index in [1.807, 2.05) is 35.7 Å². The highest BCUT2D eigenvalue weighted by atomic mass is 32.2. The van der Waals surface area contributed by atoms with E-state index in [9.17, 15) is 9.18 Å². The van der Waals surface area contributed by atoms with Crippen LogP contribution in [0.25, 0.3) is 0 Å². The van der Waals surface area contributed by atoms with Gasteiger partial charge < -0.3 is 0 Å². The minimum absolute atomic E-state index is 0.278. The third-order valence-corrected chi connectivity index (χ3v) is 4.84. The van der Waals surface area contributed by atoms with Gasteiger partial charge in [0.25, 0.3) is 5.91 Å². The van der Waals surface area contributed by atoms with Crippen molar-refractivity contribution in [1.29, 1.82) is 0 Å². The lowest BCUT2D eigenvalue weighted by molar-refractivity contribution is 0.102. The number of hydrogen-bond acceptors (Lipinski definition) is 4. The molecule has 0 unspecified atom stereocenters. The predicted molar refractivity (Wildman–Crippen MR) is 92.5 cm³/mol. The quantitative estimate of drug-likeness (QED) is 0.674. The largest absolute Gasteiger partial charge is 0.298 e. The van der Waals surface area contributed by atoms with Gasteiger partial charge in [-0.05, 0) is 30.3 Å². The number of benzene rings is 2. The zero-order valence-electron chi connectivity index (χ0n) is 12.0. The first-order valence-corrected chi connectivity index (χ1v) is 8.76. The van der Waals surface area contributed by atoms with Crippen molar-refractivity contribution < 1.29 is 9.18 Å². The molecular weight excluding hydrogens is 331 g/mol. The molecule has 116 valence electrons. The standard InChI is InChI=1S/C17H13FN2OS2/c18-13-6-4-5-12(9-13)16(21)20-17-19-14(11-23-17)10-22-15-7-2-1-3-8-15/h1-9,11H,10H2,(H,19,20,21). The molecule has 3 rings (SSSR count). The Morgan fingerprint density at radius 1 is 1.17 bits per heavy atom. The molecule has 2 aromatic carbocycles. The average Bonchev–Trinajstić information content (AvgIpc) is 3.01. The fourth-order valence-corrected chi connectivity index (χ4v) is 3.53. The molecule has 1 heterocycles. The van der Waals surface area contributed by atoms with Crippen molar-refractivity contribution in [3.05, 3.63) is 77.1 Å². The van der Waals surface area contributed by atoms with Crippen LogP contribution in [-0.2, 0) is 5.75 Å². The molecule has 0 aliphatic carbocycles. The van der Waals surface area contributed by atoms with E-state index in [-0.39, 0.29) is 11.5 Å². The Bertz CT molecular complexity index is 805.